The lowest BCUT2D eigenvalue weighted by molar-refractivity contribution is 0.299. The highest BCUT2D eigenvalue weighted by atomic mass is 32.2. The first kappa shape index (κ1) is 19.7. The van der Waals surface area contributed by atoms with Gasteiger partial charge in [0.1, 0.15) is 6.54 Å². The van der Waals surface area contributed by atoms with E-state index in [-0.39, 0.29) is 17.5 Å². The van der Waals surface area contributed by atoms with Crippen molar-refractivity contribution in [3.63, 3.8) is 0 Å². The summed E-state index contributed by atoms with van der Waals surface area (Å²) in [6.07, 6.45) is 6.82. The van der Waals surface area contributed by atoms with Crippen molar-refractivity contribution in [2.24, 2.45) is 0 Å². The molecule has 0 aliphatic heterocycles. The number of hydrogen-bond donors (Lipinski definition) is 0. The van der Waals surface area contributed by atoms with Crippen LogP contribution in [0.5, 0.6) is 0 Å². The highest BCUT2D eigenvalue weighted by Crippen LogP contribution is 2.24. The van der Waals surface area contributed by atoms with E-state index in [0.717, 1.165) is 44.9 Å². The molecule has 128 valence electrons. The van der Waals surface area contributed by atoms with Crippen LogP contribution in [0.3, 0.4) is 0 Å². The Morgan fingerprint density at radius 2 is 1.65 bits per heavy atom. The summed E-state index contributed by atoms with van der Waals surface area (Å²) in [7, 11) is -3.62. The van der Waals surface area contributed by atoms with E-state index in [1.807, 2.05) is 6.07 Å². The fourth-order valence-corrected chi connectivity index (χ4v) is 4.31. The van der Waals surface area contributed by atoms with Gasteiger partial charge in [-0.15, -0.1) is 0 Å². The number of nitriles is 1. The molecule has 0 aromatic heterocycles. The largest absolute Gasteiger partial charge is 0.244 e. The van der Waals surface area contributed by atoms with Crippen molar-refractivity contribution >= 4 is 10.0 Å². The van der Waals surface area contributed by atoms with Crippen LogP contribution in [0.15, 0.2) is 35.2 Å². The minimum Gasteiger partial charge on any atom is -0.207 e. The van der Waals surface area contributed by atoms with Crippen molar-refractivity contribution in [1.29, 1.82) is 5.26 Å². The summed E-state index contributed by atoms with van der Waals surface area (Å²) in [5.74, 6) is 0. The van der Waals surface area contributed by atoms with Crippen LogP contribution in [0, 0.1) is 11.3 Å². The van der Waals surface area contributed by atoms with Gasteiger partial charge in [0.25, 0.3) is 0 Å². The van der Waals surface area contributed by atoms with Crippen LogP contribution in [0.2, 0.25) is 0 Å². The predicted molar refractivity (Wildman–Crippen MR) is 93.4 cm³/mol. The summed E-state index contributed by atoms with van der Waals surface area (Å²) in [6, 6.07) is 10.4. The summed E-state index contributed by atoms with van der Waals surface area (Å²) in [6.45, 7) is 4.15. The third-order valence-corrected chi connectivity index (χ3v) is 5.93. The zero-order valence-electron chi connectivity index (χ0n) is 14.2. The van der Waals surface area contributed by atoms with Gasteiger partial charge in [-0.3, -0.25) is 0 Å². The van der Waals surface area contributed by atoms with E-state index in [2.05, 4.69) is 13.8 Å². The Hall–Kier alpha value is -1.38. The molecular weight excluding hydrogens is 308 g/mol. The molecule has 1 aromatic carbocycles. The van der Waals surface area contributed by atoms with Crippen molar-refractivity contribution in [2.45, 2.75) is 69.7 Å². The summed E-state index contributed by atoms with van der Waals surface area (Å²) in [4.78, 5) is 0.271. The molecular formula is C18H28N2O2S. The number of rotatable bonds is 11. The van der Waals surface area contributed by atoms with Gasteiger partial charge in [-0.05, 0) is 25.0 Å². The van der Waals surface area contributed by atoms with Crippen molar-refractivity contribution < 1.29 is 8.42 Å². The van der Waals surface area contributed by atoms with Gasteiger partial charge in [-0.1, -0.05) is 64.2 Å². The predicted octanol–water partition coefficient (Wildman–Crippen LogP) is 4.34. The molecule has 0 spiro atoms. The van der Waals surface area contributed by atoms with Crippen molar-refractivity contribution in [3.05, 3.63) is 30.3 Å². The molecule has 0 saturated carbocycles. The molecule has 1 rings (SSSR count). The van der Waals surface area contributed by atoms with Crippen LogP contribution in [-0.2, 0) is 10.0 Å². The summed E-state index contributed by atoms with van der Waals surface area (Å²) >= 11 is 0. The smallest absolute Gasteiger partial charge is 0.207 e. The Kier molecular flexibility index (Phi) is 8.90. The van der Waals surface area contributed by atoms with Gasteiger partial charge < -0.3 is 0 Å². The molecule has 0 saturated heterocycles. The maximum Gasteiger partial charge on any atom is 0.244 e. The molecule has 0 radical (unpaired) electrons. The van der Waals surface area contributed by atoms with Gasteiger partial charge in [0.15, 0.2) is 0 Å². The minimum atomic E-state index is -3.62. The summed E-state index contributed by atoms with van der Waals surface area (Å²) in [5, 5.41) is 9.14. The Balaban J connectivity index is 3.05. The normalized spacial score (nSPS) is 13.0. The lowest BCUT2D eigenvalue weighted by Crippen LogP contribution is -2.40. The van der Waals surface area contributed by atoms with E-state index in [9.17, 15) is 8.42 Å². The minimum absolute atomic E-state index is 0.0856. The molecule has 0 amide bonds. The average molecular weight is 337 g/mol. The molecule has 0 N–H and O–H groups in total. The Labute approximate surface area is 141 Å². The SMILES string of the molecule is CCCCCC(CCCC)N(CC#N)S(=O)(=O)c1ccccc1. The van der Waals surface area contributed by atoms with E-state index < -0.39 is 10.0 Å². The molecule has 0 heterocycles. The Morgan fingerprint density at radius 1 is 1.04 bits per heavy atom. The average Bonchev–Trinajstić information content (AvgIpc) is 2.57. The van der Waals surface area contributed by atoms with Gasteiger partial charge in [-0.25, -0.2) is 8.42 Å². The molecule has 0 aliphatic carbocycles. The van der Waals surface area contributed by atoms with E-state index in [4.69, 9.17) is 5.26 Å². The van der Waals surface area contributed by atoms with Crippen molar-refractivity contribution in [2.75, 3.05) is 6.54 Å². The maximum atomic E-state index is 12.9. The summed E-state index contributed by atoms with van der Waals surface area (Å²) in [5.41, 5.74) is 0. The fourth-order valence-electron chi connectivity index (χ4n) is 2.71. The molecule has 5 heteroatoms. The van der Waals surface area contributed by atoms with E-state index in [0.29, 0.717) is 0 Å². The molecule has 0 aliphatic rings. The van der Waals surface area contributed by atoms with Crippen LogP contribution in [0.25, 0.3) is 0 Å². The molecule has 1 unspecified atom stereocenters. The van der Waals surface area contributed by atoms with Crippen LogP contribution in [-0.4, -0.2) is 25.3 Å². The fraction of sp³-hybridized carbons (Fsp3) is 0.611. The first-order valence-corrected chi connectivity index (χ1v) is 9.95. The van der Waals surface area contributed by atoms with Crippen LogP contribution >= 0.6 is 0 Å². The van der Waals surface area contributed by atoms with Gasteiger partial charge in [0.2, 0.25) is 10.0 Å². The summed E-state index contributed by atoms with van der Waals surface area (Å²) < 4.78 is 27.3. The molecule has 0 bridgehead atoms. The topological polar surface area (TPSA) is 61.2 Å². The van der Waals surface area contributed by atoms with E-state index >= 15 is 0 Å². The van der Waals surface area contributed by atoms with Crippen LogP contribution in [0.1, 0.15) is 58.8 Å². The second-order valence-corrected chi connectivity index (χ2v) is 7.70. The second kappa shape index (κ2) is 10.4. The van der Waals surface area contributed by atoms with Crippen molar-refractivity contribution in [1.82, 2.24) is 4.31 Å². The van der Waals surface area contributed by atoms with Crippen molar-refractivity contribution in [3.8, 4) is 6.07 Å². The highest BCUT2D eigenvalue weighted by molar-refractivity contribution is 7.89. The van der Waals surface area contributed by atoms with Gasteiger partial charge >= 0.3 is 0 Å². The standard InChI is InChI=1S/C18H28N2O2S/c1-3-5-8-12-17(11-6-4-2)20(16-15-19)23(21,22)18-13-9-7-10-14-18/h7,9-10,13-14,17H,3-6,8,11-12,16H2,1-2H3. The number of sulfonamides is 1. The number of hydrogen-bond acceptors (Lipinski definition) is 3. The molecule has 23 heavy (non-hydrogen) atoms. The number of nitrogens with zero attached hydrogens (tertiary/aromatic N) is 2. The number of unbranched alkanes of at least 4 members (excludes halogenated alkanes) is 3. The van der Waals surface area contributed by atoms with Gasteiger partial charge in [-0.2, -0.15) is 9.57 Å². The van der Waals surface area contributed by atoms with E-state index in [1.54, 1.807) is 30.3 Å². The first-order chi connectivity index (χ1) is 11.1. The monoisotopic (exact) mass is 336 g/mol. The maximum absolute atomic E-state index is 12.9. The first-order valence-electron chi connectivity index (χ1n) is 8.51. The van der Waals surface area contributed by atoms with E-state index in [1.165, 1.54) is 4.31 Å². The Morgan fingerprint density at radius 3 is 2.22 bits per heavy atom. The molecule has 1 atom stereocenters. The lowest BCUT2D eigenvalue weighted by Gasteiger charge is -2.29. The quantitative estimate of drug-likeness (QED) is 0.446. The number of benzene rings is 1. The van der Waals surface area contributed by atoms with Crippen LogP contribution in [0.4, 0.5) is 0 Å². The second-order valence-electron chi connectivity index (χ2n) is 5.81. The molecule has 0 fully saturated rings. The zero-order chi connectivity index (χ0) is 17.1. The zero-order valence-corrected chi connectivity index (χ0v) is 15.1. The third kappa shape index (κ3) is 5.96. The third-order valence-electron chi connectivity index (χ3n) is 4.02. The molecule has 4 nitrogen and oxygen atoms in total. The Bertz CT molecular complexity index is 579. The van der Waals surface area contributed by atoms with Gasteiger partial charge in [0, 0.05) is 6.04 Å². The van der Waals surface area contributed by atoms with Gasteiger partial charge in [0.05, 0.1) is 11.0 Å². The lowest BCUT2D eigenvalue weighted by atomic mass is 10.0. The molecule has 1 aromatic rings. The highest BCUT2D eigenvalue weighted by Gasteiger charge is 2.30. The van der Waals surface area contributed by atoms with Crippen LogP contribution < -0.4 is 0 Å².